The molecule has 0 aromatic heterocycles. The van der Waals surface area contributed by atoms with Gasteiger partial charge >= 0.3 is 5.97 Å². The van der Waals surface area contributed by atoms with Crippen LogP contribution in [0.4, 0.5) is 0 Å². The van der Waals surface area contributed by atoms with Gasteiger partial charge in [-0.2, -0.15) is 0 Å². The van der Waals surface area contributed by atoms with E-state index in [2.05, 4.69) is 4.90 Å². The Labute approximate surface area is 125 Å². The van der Waals surface area contributed by atoms with Gasteiger partial charge in [-0.15, -0.1) is 0 Å². The Morgan fingerprint density at radius 1 is 1.33 bits per heavy atom. The molecule has 3 rings (SSSR count). The fourth-order valence-electron chi connectivity index (χ4n) is 4.05. The molecule has 114 valence electrons. The van der Waals surface area contributed by atoms with E-state index in [9.17, 15) is 9.90 Å². The van der Waals surface area contributed by atoms with Crippen LogP contribution in [0.25, 0.3) is 0 Å². The number of fused-ring (bicyclic) bond motifs is 1. The number of hydrogen-bond donors (Lipinski definition) is 1. The molecule has 3 unspecified atom stereocenters. The van der Waals surface area contributed by atoms with Gasteiger partial charge in [-0.05, 0) is 31.2 Å². The zero-order chi connectivity index (χ0) is 14.8. The Morgan fingerprint density at radius 2 is 2.10 bits per heavy atom. The molecule has 1 aromatic carbocycles. The van der Waals surface area contributed by atoms with E-state index in [0.29, 0.717) is 18.5 Å². The molecule has 2 fully saturated rings. The fraction of sp³-hybridized carbons (Fsp3) is 0.588. The highest BCUT2D eigenvalue weighted by atomic mass is 16.5. The van der Waals surface area contributed by atoms with Crippen molar-refractivity contribution in [1.29, 1.82) is 0 Å². The summed E-state index contributed by atoms with van der Waals surface area (Å²) in [5, 5.41) is 9.56. The molecule has 3 atom stereocenters. The second-order valence-corrected chi connectivity index (χ2v) is 6.19. The number of methoxy groups -OCH3 is 1. The highest BCUT2D eigenvalue weighted by Crippen LogP contribution is 2.41. The van der Waals surface area contributed by atoms with Crippen LogP contribution < -0.4 is 4.74 Å². The molecule has 1 aromatic rings. The van der Waals surface area contributed by atoms with Gasteiger partial charge in [-0.3, -0.25) is 9.69 Å². The maximum atomic E-state index is 11.6. The minimum Gasteiger partial charge on any atom is -0.496 e. The molecule has 0 amide bonds. The van der Waals surface area contributed by atoms with E-state index >= 15 is 0 Å². The summed E-state index contributed by atoms with van der Waals surface area (Å²) in [5.41, 5.74) is 1.08. The molecule has 1 N–H and O–H groups in total. The summed E-state index contributed by atoms with van der Waals surface area (Å²) < 4.78 is 5.41. The van der Waals surface area contributed by atoms with Crippen LogP contribution in [0.2, 0.25) is 0 Å². The zero-order valence-corrected chi connectivity index (χ0v) is 12.5. The maximum Gasteiger partial charge on any atom is 0.320 e. The summed E-state index contributed by atoms with van der Waals surface area (Å²) in [6.45, 7) is 0.669. The molecule has 1 saturated heterocycles. The highest BCUT2D eigenvalue weighted by Gasteiger charge is 2.45. The third kappa shape index (κ3) is 2.77. The lowest BCUT2D eigenvalue weighted by Crippen LogP contribution is -2.41. The monoisotopic (exact) mass is 289 g/mol. The topological polar surface area (TPSA) is 49.8 Å². The molecular weight excluding hydrogens is 266 g/mol. The van der Waals surface area contributed by atoms with Crippen LogP contribution in [0.3, 0.4) is 0 Å². The van der Waals surface area contributed by atoms with Crippen LogP contribution in [-0.2, 0) is 11.3 Å². The minimum absolute atomic E-state index is 0.344. The highest BCUT2D eigenvalue weighted by molar-refractivity contribution is 5.74. The van der Waals surface area contributed by atoms with E-state index in [-0.39, 0.29) is 6.04 Å². The smallest absolute Gasteiger partial charge is 0.320 e. The molecule has 1 aliphatic heterocycles. The van der Waals surface area contributed by atoms with E-state index < -0.39 is 5.97 Å². The molecule has 4 heteroatoms. The Kier molecular flexibility index (Phi) is 4.15. The summed E-state index contributed by atoms with van der Waals surface area (Å²) in [4.78, 5) is 13.8. The Bertz CT molecular complexity index is 517. The van der Waals surface area contributed by atoms with Gasteiger partial charge in [-0.1, -0.05) is 31.0 Å². The number of hydrogen-bond acceptors (Lipinski definition) is 3. The molecule has 2 aliphatic rings. The average Bonchev–Trinajstić information content (AvgIpc) is 2.87. The van der Waals surface area contributed by atoms with Crippen molar-refractivity contribution in [3.8, 4) is 5.75 Å². The predicted octanol–water partition coefficient (Wildman–Crippen LogP) is 2.91. The summed E-state index contributed by atoms with van der Waals surface area (Å²) in [5.74, 6) is 0.717. The quantitative estimate of drug-likeness (QED) is 0.926. The molecule has 1 aliphatic carbocycles. The van der Waals surface area contributed by atoms with Crippen LogP contribution in [0.15, 0.2) is 24.3 Å². The van der Waals surface area contributed by atoms with Crippen molar-refractivity contribution in [1.82, 2.24) is 4.90 Å². The standard InChI is InChI=1S/C17H23NO3/c1-21-16-9-5-3-7-13(16)11-18-14-8-4-2-6-12(14)10-15(18)17(19)20/h3,5,7,9,12,14-15H,2,4,6,8,10-11H2,1H3,(H,19,20). The summed E-state index contributed by atoms with van der Waals surface area (Å²) in [7, 11) is 1.67. The minimum atomic E-state index is -0.681. The van der Waals surface area contributed by atoms with Gasteiger partial charge in [0.2, 0.25) is 0 Å². The van der Waals surface area contributed by atoms with E-state index in [4.69, 9.17) is 4.74 Å². The molecular formula is C17H23NO3. The summed E-state index contributed by atoms with van der Waals surface area (Å²) in [6.07, 6.45) is 5.57. The number of benzene rings is 1. The average molecular weight is 289 g/mol. The van der Waals surface area contributed by atoms with E-state index in [1.807, 2.05) is 24.3 Å². The number of carboxylic acid groups (broad SMARTS) is 1. The lowest BCUT2D eigenvalue weighted by Gasteiger charge is -2.33. The molecule has 4 nitrogen and oxygen atoms in total. The van der Waals surface area contributed by atoms with Crippen molar-refractivity contribution in [3.63, 3.8) is 0 Å². The second-order valence-electron chi connectivity index (χ2n) is 6.19. The first kappa shape index (κ1) is 14.4. The van der Waals surface area contributed by atoms with Crippen LogP contribution in [0, 0.1) is 5.92 Å². The van der Waals surface area contributed by atoms with Crippen LogP contribution in [0.5, 0.6) is 5.75 Å². The lowest BCUT2D eigenvalue weighted by atomic mass is 9.84. The number of ether oxygens (including phenoxy) is 1. The lowest BCUT2D eigenvalue weighted by molar-refractivity contribution is -0.142. The Hall–Kier alpha value is -1.55. The summed E-state index contributed by atoms with van der Waals surface area (Å²) in [6, 6.07) is 7.99. The predicted molar refractivity (Wildman–Crippen MR) is 80.3 cm³/mol. The number of carboxylic acids is 1. The Balaban J connectivity index is 1.85. The van der Waals surface area contributed by atoms with Gasteiger partial charge in [0.05, 0.1) is 7.11 Å². The number of likely N-dealkylation sites (tertiary alicyclic amines) is 1. The third-order valence-corrected chi connectivity index (χ3v) is 5.05. The molecule has 0 spiro atoms. The van der Waals surface area contributed by atoms with E-state index in [0.717, 1.165) is 24.2 Å². The van der Waals surface area contributed by atoms with Crippen molar-refractivity contribution < 1.29 is 14.6 Å². The second kappa shape index (κ2) is 6.06. The third-order valence-electron chi connectivity index (χ3n) is 5.05. The molecule has 0 bridgehead atoms. The van der Waals surface area contributed by atoms with Gasteiger partial charge in [0.25, 0.3) is 0 Å². The number of aliphatic carboxylic acids is 1. The number of rotatable bonds is 4. The van der Waals surface area contributed by atoms with Crippen LogP contribution in [-0.4, -0.2) is 35.2 Å². The largest absolute Gasteiger partial charge is 0.496 e. The van der Waals surface area contributed by atoms with E-state index in [1.54, 1.807) is 7.11 Å². The molecule has 1 saturated carbocycles. The van der Waals surface area contributed by atoms with Crippen molar-refractivity contribution in [2.75, 3.05) is 7.11 Å². The van der Waals surface area contributed by atoms with Crippen molar-refractivity contribution >= 4 is 5.97 Å². The SMILES string of the molecule is COc1ccccc1CN1C(C(=O)O)CC2CCCCC21. The first-order valence-corrected chi connectivity index (χ1v) is 7.81. The molecule has 21 heavy (non-hydrogen) atoms. The van der Waals surface area contributed by atoms with Crippen molar-refractivity contribution in [2.45, 2.75) is 50.7 Å². The van der Waals surface area contributed by atoms with E-state index in [1.165, 1.54) is 19.3 Å². The molecule has 1 heterocycles. The number of nitrogens with zero attached hydrogens (tertiary/aromatic N) is 1. The maximum absolute atomic E-state index is 11.6. The normalized spacial score (nSPS) is 29.1. The number of carbonyl (C=O) groups is 1. The van der Waals surface area contributed by atoms with Crippen LogP contribution in [0.1, 0.15) is 37.7 Å². The first-order chi connectivity index (χ1) is 10.2. The van der Waals surface area contributed by atoms with Gasteiger partial charge in [0.1, 0.15) is 11.8 Å². The van der Waals surface area contributed by atoms with Gasteiger partial charge in [0, 0.05) is 18.2 Å². The Morgan fingerprint density at radius 3 is 2.86 bits per heavy atom. The first-order valence-electron chi connectivity index (χ1n) is 7.81. The summed E-state index contributed by atoms with van der Waals surface area (Å²) >= 11 is 0. The van der Waals surface area contributed by atoms with Crippen molar-refractivity contribution in [2.24, 2.45) is 5.92 Å². The zero-order valence-electron chi connectivity index (χ0n) is 12.5. The van der Waals surface area contributed by atoms with Crippen LogP contribution >= 0.6 is 0 Å². The van der Waals surface area contributed by atoms with Crippen molar-refractivity contribution in [3.05, 3.63) is 29.8 Å². The fourth-order valence-corrected chi connectivity index (χ4v) is 4.05. The van der Waals surface area contributed by atoms with Gasteiger partial charge in [-0.25, -0.2) is 0 Å². The molecule has 0 radical (unpaired) electrons. The van der Waals surface area contributed by atoms with Gasteiger partial charge in [0.15, 0.2) is 0 Å². The number of para-hydroxylation sites is 1. The van der Waals surface area contributed by atoms with Gasteiger partial charge < -0.3 is 9.84 Å².